The molecule has 1 aliphatic rings. The fourth-order valence-electron chi connectivity index (χ4n) is 3.46. The highest BCUT2D eigenvalue weighted by Gasteiger charge is 2.28. The zero-order chi connectivity index (χ0) is 18.0. The molecule has 25 heavy (non-hydrogen) atoms. The van der Waals surface area contributed by atoms with Crippen molar-refractivity contribution in [1.29, 1.82) is 0 Å². The average Bonchev–Trinajstić information content (AvgIpc) is 3.08. The minimum absolute atomic E-state index is 0.140. The number of benzene rings is 1. The van der Waals surface area contributed by atoms with Crippen LogP contribution in [0.5, 0.6) is 0 Å². The number of anilines is 1. The van der Waals surface area contributed by atoms with Crippen LogP contribution in [0, 0.1) is 11.7 Å². The molecule has 2 N–H and O–H groups in total. The summed E-state index contributed by atoms with van der Waals surface area (Å²) in [5.74, 6) is -0.361. The fourth-order valence-corrected chi connectivity index (χ4v) is 3.46. The van der Waals surface area contributed by atoms with Crippen molar-refractivity contribution in [3.63, 3.8) is 0 Å². The van der Waals surface area contributed by atoms with Crippen LogP contribution in [-0.2, 0) is 0 Å². The maximum atomic E-state index is 14.8. The summed E-state index contributed by atoms with van der Waals surface area (Å²) in [5.41, 5.74) is 0.365. The largest absolute Gasteiger partial charge is 0.368 e. The molecule has 4 nitrogen and oxygen atoms in total. The zero-order valence-corrected chi connectivity index (χ0v) is 14.4. The molecule has 0 aliphatic carbocycles. The Labute approximate surface area is 145 Å². The topological polar surface area (TPSA) is 44.0 Å². The summed E-state index contributed by atoms with van der Waals surface area (Å²) in [7, 11) is 0. The molecule has 1 atom stereocenters. The second kappa shape index (κ2) is 7.47. The molecular formula is C18H23F3N4. The summed E-state index contributed by atoms with van der Waals surface area (Å²) in [6.07, 6.45) is 1.00. The van der Waals surface area contributed by atoms with E-state index in [0.717, 1.165) is 6.42 Å². The number of alkyl halides is 2. The van der Waals surface area contributed by atoms with Crippen LogP contribution < -0.4 is 10.2 Å². The van der Waals surface area contributed by atoms with Gasteiger partial charge in [0.05, 0.1) is 11.8 Å². The number of nitrogens with one attached hydrogen (secondary N) is 2. The summed E-state index contributed by atoms with van der Waals surface area (Å²) in [4.78, 5) is 1.87. The molecule has 0 saturated carbocycles. The molecule has 7 heteroatoms. The first kappa shape index (κ1) is 17.8. The Kier molecular flexibility index (Phi) is 5.32. The van der Waals surface area contributed by atoms with Crippen molar-refractivity contribution in [2.45, 2.75) is 32.7 Å². The van der Waals surface area contributed by atoms with E-state index in [0.29, 0.717) is 31.1 Å². The van der Waals surface area contributed by atoms with Crippen LogP contribution in [0.3, 0.4) is 0 Å². The summed E-state index contributed by atoms with van der Waals surface area (Å²) in [5, 5.41) is 9.76. The molecule has 1 aliphatic heterocycles. The van der Waals surface area contributed by atoms with E-state index >= 15 is 0 Å². The van der Waals surface area contributed by atoms with Crippen LogP contribution in [-0.4, -0.2) is 35.9 Å². The Hall–Kier alpha value is -2.02. The van der Waals surface area contributed by atoms with Crippen molar-refractivity contribution < 1.29 is 13.2 Å². The predicted molar refractivity (Wildman–Crippen MR) is 92.4 cm³/mol. The van der Waals surface area contributed by atoms with Crippen molar-refractivity contribution in [2.75, 3.05) is 24.5 Å². The maximum Gasteiger partial charge on any atom is 0.268 e. The number of rotatable bonds is 5. The second-order valence-corrected chi connectivity index (χ2v) is 6.87. The van der Waals surface area contributed by atoms with Crippen LogP contribution in [0.15, 0.2) is 24.5 Å². The molecule has 2 aromatic rings. The molecule has 0 radical (unpaired) electrons. The lowest BCUT2D eigenvalue weighted by Crippen LogP contribution is -2.51. The molecule has 1 aromatic heterocycles. The number of aromatic amines is 1. The van der Waals surface area contributed by atoms with Crippen LogP contribution in [0.25, 0.3) is 11.1 Å². The minimum atomic E-state index is -2.87. The van der Waals surface area contributed by atoms with E-state index < -0.39 is 17.8 Å². The summed E-state index contributed by atoms with van der Waals surface area (Å²) >= 11 is 0. The molecule has 1 saturated heterocycles. The Morgan fingerprint density at radius 1 is 1.32 bits per heavy atom. The van der Waals surface area contributed by atoms with E-state index in [1.54, 1.807) is 12.1 Å². The highest BCUT2D eigenvalue weighted by molar-refractivity contribution is 5.69. The SMILES string of the molecule is CC(C)CC1CN(c2ccc(-c3cn[nH]c3)c(F)c2C(F)F)CCN1. The van der Waals surface area contributed by atoms with Gasteiger partial charge < -0.3 is 10.2 Å². The van der Waals surface area contributed by atoms with Gasteiger partial charge >= 0.3 is 0 Å². The van der Waals surface area contributed by atoms with E-state index in [2.05, 4.69) is 29.4 Å². The van der Waals surface area contributed by atoms with Crippen molar-refractivity contribution in [3.05, 3.63) is 35.9 Å². The molecule has 0 spiro atoms. The Bertz CT molecular complexity index is 701. The lowest BCUT2D eigenvalue weighted by Gasteiger charge is -2.37. The monoisotopic (exact) mass is 352 g/mol. The third kappa shape index (κ3) is 3.81. The van der Waals surface area contributed by atoms with Crippen LogP contribution in [0.2, 0.25) is 0 Å². The van der Waals surface area contributed by atoms with Crippen LogP contribution >= 0.6 is 0 Å². The summed E-state index contributed by atoms with van der Waals surface area (Å²) in [6, 6.07) is 3.38. The van der Waals surface area contributed by atoms with Crippen molar-refractivity contribution >= 4 is 5.69 Å². The summed E-state index contributed by atoms with van der Waals surface area (Å²) in [6.45, 7) is 6.14. The smallest absolute Gasteiger partial charge is 0.268 e. The number of halogens is 3. The van der Waals surface area contributed by atoms with Crippen LogP contribution in [0.4, 0.5) is 18.9 Å². The average molecular weight is 352 g/mol. The Morgan fingerprint density at radius 2 is 2.12 bits per heavy atom. The van der Waals surface area contributed by atoms with Crippen molar-refractivity contribution in [3.8, 4) is 11.1 Å². The number of aromatic nitrogens is 2. The molecule has 3 rings (SSSR count). The first-order valence-electron chi connectivity index (χ1n) is 8.55. The molecule has 0 amide bonds. The van der Waals surface area contributed by atoms with Gasteiger partial charge in [0, 0.05) is 48.7 Å². The molecular weight excluding hydrogens is 329 g/mol. The molecule has 1 fully saturated rings. The standard InChI is InChI=1S/C18H23F3N4/c1-11(2)7-13-10-25(6-5-22-13)15-4-3-14(12-8-23-24-9-12)17(19)16(15)18(20)21/h3-4,8-9,11,13,18,22H,5-7,10H2,1-2H3,(H,23,24). The van der Waals surface area contributed by atoms with Gasteiger partial charge in [-0.2, -0.15) is 5.10 Å². The molecule has 0 bridgehead atoms. The molecule has 2 heterocycles. The Balaban J connectivity index is 1.94. The van der Waals surface area contributed by atoms with Gasteiger partial charge in [-0.1, -0.05) is 13.8 Å². The van der Waals surface area contributed by atoms with Gasteiger partial charge in [-0.15, -0.1) is 0 Å². The van der Waals surface area contributed by atoms with Gasteiger partial charge in [-0.3, -0.25) is 5.10 Å². The third-order valence-corrected chi connectivity index (χ3v) is 4.54. The number of piperazine rings is 1. The van der Waals surface area contributed by atoms with Crippen molar-refractivity contribution in [2.24, 2.45) is 5.92 Å². The number of H-pyrrole nitrogens is 1. The molecule has 1 unspecified atom stereocenters. The zero-order valence-electron chi connectivity index (χ0n) is 14.4. The lowest BCUT2D eigenvalue weighted by atomic mass is 9.99. The van der Waals surface area contributed by atoms with Gasteiger partial charge in [0.15, 0.2) is 0 Å². The summed E-state index contributed by atoms with van der Waals surface area (Å²) < 4.78 is 42.2. The van der Waals surface area contributed by atoms with Gasteiger partial charge in [0.25, 0.3) is 6.43 Å². The van der Waals surface area contributed by atoms with E-state index in [9.17, 15) is 13.2 Å². The third-order valence-electron chi connectivity index (χ3n) is 4.54. The molecule has 1 aromatic carbocycles. The fraction of sp³-hybridized carbons (Fsp3) is 0.500. The van der Waals surface area contributed by atoms with E-state index in [1.165, 1.54) is 12.4 Å². The lowest BCUT2D eigenvalue weighted by molar-refractivity contribution is 0.146. The quantitative estimate of drug-likeness (QED) is 0.856. The number of nitrogens with zero attached hydrogens (tertiary/aromatic N) is 2. The Morgan fingerprint density at radius 3 is 2.76 bits per heavy atom. The van der Waals surface area contributed by atoms with E-state index in [1.807, 2.05) is 4.90 Å². The number of hydrogen-bond donors (Lipinski definition) is 2. The van der Waals surface area contributed by atoms with Gasteiger partial charge in [0.1, 0.15) is 5.82 Å². The maximum absolute atomic E-state index is 14.8. The first-order valence-corrected chi connectivity index (χ1v) is 8.55. The van der Waals surface area contributed by atoms with Crippen LogP contribution in [0.1, 0.15) is 32.3 Å². The highest BCUT2D eigenvalue weighted by atomic mass is 19.3. The highest BCUT2D eigenvalue weighted by Crippen LogP contribution is 2.37. The normalized spacial score (nSPS) is 18.4. The number of hydrogen-bond acceptors (Lipinski definition) is 3. The van der Waals surface area contributed by atoms with E-state index in [4.69, 9.17) is 0 Å². The van der Waals surface area contributed by atoms with Crippen molar-refractivity contribution in [1.82, 2.24) is 15.5 Å². The first-order chi connectivity index (χ1) is 12.0. The van der Waals surface area contributed by atoms with Gasteiger partial charge in [0.2, 0.25) is 0 Å². The second-order valence-electron chi connectivity index (χ2n) is 6.87. The predicted octanol–water partition coefficient (Wildman–Crippen LogP) is 3.98. The van der Waals surface area contributed by atoms with Gasteiger partial charge in [-0.25, -0.2) is 13.2 Å². The van der Waals surface area contributed by atoms with E-state index in [-0.39, 0.29) is 17.3 Å². The minimum Gasteiger partial charge on any atom is -0.368 e. The van der Waals surface area contributed by atoms with Gasteiger partial charge in [-0.05, 0) is 24.5 Å². The molecule has 136 valence electrons.